The molecule has 0 aliphatic carbocycles. The predicted octanol–water partition coefficient (Wildman–Crippen LogP) is 4.72. The normalized spacial score (nSPS) is 15.4. The van der Waals surface area contributed by atoms with Gasteiger partial charge in [-0.05, 0) is 86.3 Å². The number of anilines is 2. The standard InChI is InChI=1S/C32H38N4O4/c1-39-29-21-23(9-10-26(29)22-35-15-2-3-16-35)20-25-6-4-7-28(33)31(25)34-32(38)24-11-13-27(14-12-24)40-19-18-36-17-5-8-30(36)37/h4,6-7,9-14,21H,2-3,5,8,15-20,22,33H2,1H3,(H,34,38). The molecule has 2 saturated heterocycles. The van der Waals surface area contributed by atoms with Gasteiger partial charge in [-0.25, -0.2) is 0 Å². The minimum Gasteiger partial charge on any atom is -0.496 e. The minimum absolute atomic E-state index is 0.184. The van der Waals surface area contributed by atoms with Crippen molar-refractivity contribution in [1.82, 2.24) is 9.80 Å². The zero-order chi connectivity index (χ0) is 27.9. The lowest BCUT2D eigenvalue weighted by molar-refractivity contribution is -0.128. The quantitative estimate of drug-likeness (QED) is 0.341. The summed E-state index contributed by atoms with van der Waals surface area (Å²) in [5, 5.41) is 3.02. The van der Waals surface area contributed by atoms with Crippen LogP contribution in [0.2, 0.25) is 0 Å². The number of carbonyl (C=O) groups is 2. The van der Waals surface area contributed by atoms with Gasteiger partial charge in [-0.1, -0.05) is 24.3 Å². The zero-order valence-corrected chi connectivity index (χ0v) is 23.2. The van der Waals surface area contributed by atoms with Crippen LogP contribution in [0.4, 0.5) is 11.4 Å². The Morgan fingerprint density at radius 2 is 1.77 bits per heavy atom. The van der Waals surface area contributed by atoms with Crippen molar-refractivity contribution < 1.29 is 19.1 Å². The van der Waals surface area contributed by atoms with Crippen molar-refractivity contribution >= 4 is 23.2 Å². The van der Waals surface area contributed by atoms with Gasteiger partial charge in [0.15, 0.2) is 0 Å². The first-order chi connectivity index (χ1) is 19.5. The van der Waals surface area contributed by atoms with Crippen molar-refractivity contribution in [3.8, 4) is 11.5 Å². The molecule has 0 spiro atoms. The van der Waals surface area contributed by atoms with E-state index < -0.39 is 0 Å². The van der Waals surface area contributed by atoms with Gasteiger partial charge in [0.1, 0.15) is 18.1 Å². The number of likely N-dealkylation sites (tertiary alicyclic amines) is 2. The fourth-order valence-corrected chi connectivity index (χ4v) is 5.45. The number of nitrogens with one attached hydrogen (secondary N) is 1. The van der Waals surface area contributed by atoms with Gasteiger partial charge in [0, 0.05) is 30.6 Å². The van der Waals surface area contributed by atoms with Crippen molar-refractivity contribution in [3.63, 3.8) is 0 Å². The van der Waals surface area contributed by atoms with Gasteiger partial charge >= 0.3 is 0 Å². The lowest BCUT2D eigenvalue weighted by Gasteiger charge is -2.18. The number of nitrogens with two attached hydrogens (primary N) is 1. The van der Waals surface area contributed by atoms with E-state index in [1.807, 2.05) is 17.0 Å². The molecule has 0 atom stereocenters. The molecule has 0 bridgehead atoms. The number of hydrogen-bond acceptors (Lipinski definition) is 6. The molecule has 2 aliphatic heterocycles. The number of nitrogens with zero attached hydrogens (tertiary/aromatic N) is 2. The molecule has 5 rings (SSSR count). The Kier molecular flexibility index (Phi) is 8.86. The van der Waals surface area contributed by atoms with E-state index in [2.05, 4.69) is 28.4 Å². The number of ether oxygens (including phenoxy) is 2. The largest absolute Gasteiger partial charge is 0.496 e. The fraction of sp³-hybridized carbons (Fsp3) is 0.375. The second kappa shape index (κ2) is 12.9. The third-order valence-electron chi connectivity index (χ3n) is 7.68. The number of para-hydroxylation sites is 1. The summed E-state index contributed by atoms with van der Waals surface area (Å²) in [4.78, 5) is 29.2. The Bertz CT molecular complexity index is 1340. The van der Waals surface area contributed by atoms with E-state index in [-0.39, 0.29) is 11.8 Å². The molecule has 2 heterocycles. The third kappa shape index (κ3) is 6.74. The van der Waals surface area contributed by atoms with Crippen LogP contribution in [0.15, 0.2) is 60.7 Å². The molecule has 3 aromatic carbocycles. The average Bonchev–Trinajstić information content (AvgIpc) is 3.63. The summed E-state index contributed by atoms with van der Waals surface area (Å²) in [7, 11) is 1.71. The molecule has 3 N–H and O–H groups in total. The third-order valence-corrected chi connectivity index (χ3v) is 7.68. The molecule has 210 valence electrons. The molecule has 0 unspecified atom stereocenters. The number of benzene rings is 3. The predicted molar refractivity (Wildman–Crippen MR) is 157 cm³/mol. The lowest BCUT2D eigenvalue weighted by atomic mass is 10.00. The van der Waals surface area contributed by atoms with Crippen molar-refractivity contribution in [2.75, 3.05) is 50.9 Å². The smallest absolute Gasteiger partial charge is 0.255 e. The van der Waals surface area contributed by atoms with Crippen molar-refractivity contribution in [2.45, 2.75) is 38.6 Å². The number of methoxy groups -OCH3 is 1. The van der Waals surface area contributed by atoms with Crippen LogP contribution in [-0.4, -0.2) is 61.5 Å². The average molecular weight is 543 g/mol. The van der Waals surface area contributed by atoms with E-state index in [1.54, 1.807) is 37.4 Å². The molecule has 0 radical (unpaired) electrons. The van der Waals surface area contributed by atoms with E-state index >= 15 is 0 Å². The second-order valence-electron chi connectivity index (χ2n) is 10.5. The Morgan fingerprint density at radius 3 is 2.50 bits per heavy atom. The maximum Gasteiger partial charge on any atom is 0.255 e. The summed E-state index contributed by atoms with van der Waals surface area (Å²) >= 11 is 0. The number of nitrogen functional groups attached to an aromatic ring is 1. The van der Waals surface area contributed by atoms with Crippen LogP contribution in [0, 0.1) is 0 Å². The SMILES string of the molecule is COc1cc(Cc2cccc(N)c2NC(=O)c2ccc(OCCN3CCCC3=O)cc2)ccc1CN1CCCC1. The first kappa shape index (κ1) is 27.5. The van der Waals surface area contributed by atoms with Crippen LogP contribution in [0.1, 0.15) is 52.7 Å². The molecule has 2 aliphatic rings. The summed E-state index contributed by atoms with van der Waals surface area (Å²) < 4.78 is 11.5. The molecule has 2 amide bonds. The summed E-state index contributed by atoms with van der Waals surface area (Å²) in [6.07, 6.45) is 4.65. The highest BCUT2D eigenvalue weighted by Gasteiger charge is 2.20. The van der Waals surface area contributed by atoms with Gasteiger partial charge < -0.3 is 25.4 Å². The number of carbonyl (C=O) groups excluding carboxylic acids is 2. The number of hydrogen-bond donors (Lipinski definition) is 2. The summed E-state index contributed by atoms with van der Waals surface area (Å²) in [6, 6.07) is 19.0. The van der Waals surface area contributed by atoms with Crippen LogP contribution < -0.4 is 20.5 Å². The molecule has 2 fully saturated rings. The van der Waals surface area contributed by atoms with Gasteiger partial charge in [0.25, 0.3) is 5.91 Å². The van der Waals surface area contributed by atoms with Crippen molar-refractivity contribution in [2.24, 2.45) is 0 Å². The van der Waals surface area contributed by atoms with E-state index in [4.69, 9.17) is 15.2 Å². The second-order valence-corrected chi connectivity index (χ2v) is 10.5. The zero-order valence-electron chi connectivity index (χ0n) is 23.2. The van der Waals surface area contributed by atoms with Gasteiger partial charge in [0.05, 0.1) is 25.0 Å². The molecule has 8 heteroatoms. The topological polar surface area (TPSA) is 97.1 Å². The van der Waals surface area contributed by atoms with Gasteiger partial charge in [0.2, 0.25) is 5.91 Å². The maximum atomic E-state index is 13.1. The molecule has 3 aromatic rings. The fourth-order valence-electron chi connectivity index (χ4n) is 5.45. The first-order valence-corrected chi connectivity index (χ1v) is 14.1. The van der Waals surface area contributed by atoms with E-state index in [1.165, 1.54) is 18.4 Å². The molecule has 0 aromatic heterocycles. The Hall–Kier alpha value is -4.04. The maximum absolute atomic E-state index is 13.1. The molecular formula is C32H38N4O4. The highest BCUT2D eigenvalue weighted by atomic mass is 16.5. The van der Waals surface area contributed by atoms with Crippen LogP contribution in [0.25, 0.3) is 0 Å². The van der Waals surface area contributed by atoms with Crippen LogP contribution in [0.5, 0.6) is 11.5 Å². The number of amides is 2. The lowest BCUT2D eigenvalue weighted by Crippen LogP contribution is -2.29. The Balaban J connectivity index is 1.22. The van der Waals surface area contributed by atoms with E-state index in [0.717, 1.165) is 49.5 Å². The Labute approximate surface area is 236 Å². The highest BCUT2D eigenvalue weighted by Crippen LogP contribution is 2.30. The molecule has 0 saturated carbocycles. The first-order valence-electron chi connectivity index (χ1n) is 14.1. The highest BCUT2D eigenvalue weighted by molar-refractivity contribution is 6.06. The van der Waals surface area contributed by atoms with Gasteiger partial charge in [-0.15, -0.1) is 0 Å². The van der Waals surface area contributed by atoms with Crippen LogP contribution in [0.3, 0.4) is 0 Å². The minimum atomic E-state index is -0.244. The molecular weight excluding hydrogens is 504 g/mol. The molecule has 8 nitrogen and oxygen atoms in total. The summed E-state index contributed by atoms with van der Waals surface area (Å²) in [5.41, 5.74) is 11.2. The van der Waals surface area contributed by atoms with Crippen LogP contribution >= 0.6 is 0 Å². The Morgan fingerprint density at radius 1 is 0.975 bits per heavy atom. The summed E-state index contributed by atoms with van der Waals surface area (Å²) in [5.74, 6) is 1.48. The van der Waals surface area contributed by atoms with Gasteiger partial charge in [-0.2, -0.15) is 0 Å². The van der Waals surface area contributed by atoms with Gasteiger partial charge in [-0.3, -0.25) is 14.5 Å². The van der Waals surface area contributed by atoms with Crippen molar-refractivity contribution in [3.05, 3.63) is 82.9 Å². The molecule has 40 heavy (non-hydrogen) atoms. The monoisotopic (exact) mass is 542 g/mol. The van der Waals surface area contributed by atoms with Crippen molar-refractivity contribution in [1.29, 1.82) is 0 Å². The van der Waals surface area contributed by atoms with E-state index in [0.29, 0.717) is 48.7 Å². The number of rotatable bonds is 11. The van der Waals surface area contributed by atoms with Crippen LogP contribution in [-0.2, 0) is 17.8 Å². The summed E-state index contributed by atoms with van der Waals surface area (Å²) in [6.45, 7) is 4.95. The van der Waals surface area contributed by atoms with E-state index in [9.17, 15) is 9.59 Å².